The van der Waals surface area contributed by atoms with E-state index < -0.39 is 0 Å². The molecule has 0 unspecified atom stereocenters. The monoisotopic (exact) mass is 291 g/mol. The van der Waals surface area contributed by atoms with Crippen molar-refractivity contribution >= 4 is 0 Å². The topological polar surface area (TPSA) is 37.8 Å². The molecule has 116 valence electrons. The second kappa shape index (κ2) is 6.73. The van der Waals surface area contributed by atoms with Crippen molar-refractivity contribution in [1.82, 2.24) is 14.8 Å². The van der Waals surface area contributed by atoms with Gasteiger partial charge in [0.15, 0.2) is 0 Å². The summed E-state index contributed by atoms with van der Waals surface area (Å²) in [6.45, 7) is 3.92. The van der Waals surface area contributed by atoms with Gasteiger partial charge >= 0.3 is 0 Å². The summed E-state index contributed by atoms with van der Waals surface area (Å²) >= 11 is 0. The lowest BCUT2D eigenvalue weighted by molar-refractivity contribution is -0.0476. The maximum Gasteiger partial charge on any atom is 0.213 e. The quantitative estimate of drug-likeness (QED) is 0.816. The number of likely N-dealkylation sites (tertiary alicyclic amines) is 1. The first-order chi connectivity index (χ1) is 10.2. The minimum Gasteiger partial charge on any atom is -0.470 e. The van der Waals surface area contributed by atoms with Gasteiger partial charge in [0.05, 0.1) is 0 Å². The molecule has 0 aliphatic carbocycles. The van der Waals surface area contributed by atoms with Gasteiger partial charge in [-0.05, 0) is 33.0 Å². The first-order valence-electron chi connectivity index (χ1n) is 7.82. The van der Waals surface area contributed by atoms with Crippen molar-refractivity contribution in [2.45, 2.75) is 31.1 Å². The SMILES string of the molecule is CN(C)CCN1C[C@@H](Oc2ccccn2)[C@H]2OCCC[C@H]21. The second-order valence-corrected chi connectivity index (χ2v) is 6.17. The largest absolute Gasteiger partial charge is 0.470 e. The molecule has 0 spiro atoms. The highest BCUT2D eigenvalue weighted by atomic mass is 16.5. The van der Waals surface area contributed by atoms with Crippen LogP contribution in [0.15, 0.2) is 24.4 Å². The van der Waals surface area contributed by atoms with Crippen LogP contribution in [0.4, 0.5) is 0 Å². The summed E-state index contributed by atoms with van der Waals surface area (Å²) in [6, 6.07) is 6.28. The molecule has 0 N–H and O–H groups in total. The van der Waals surface area contributed by atoms with Crippen molar-refractivity contribution in [1.29, 1.82) is 0 Å². The van der Waals surface area contributed by atoms with Gasteiger partial charge < -0.3 is 14.4 Å². The molecule has 2 aliphatic heterocycles. The van der Waals surface area contributed by atoms with E-state index in [1.54, 1.807) is 6.20 Å². The van der Waals surface area contributed by atoms with Gasteiger partial charge in [0.25, 0.3) is 0 Å². The zero-order valence-corrected chi connectivity index (χ0v) is 12.9. The van der Waals surface area contributed by atoms with Crippen LogP contribution in [0.2, 0.25) is 0 Å². The molecule has 5 heteroatoms. The van der Waals surface area contributed by atoms with Crippen LogP contribution in [0.5, 0.6) is 5.88 Å². The summed E-state index contributed by atoms with van der Waals surface area (Å²) in [5, 5.41) is 0. The number of nitrogens with zero attached hydrogens (tertiary/aromatic N) is 3. The normalized spacial score (nSPS) is 29.6. The molecule has 1 aromatic heterocycles. The lowest BCUT2D eigenvalue weighted by Crippen LogP contribution is -2.43. The summed E-state index contributed by atoms with van der Waals surface area (Å²) in [5.74, 6) is 0.699. The molecule has 2 fully saturated rings. The predicted molar refractivity (Wildman–Crippen MR) is 81.5 cm³/mol. The van der Waals surface area contributed by atoms with Gasteiger partial charge in [-0.25, -0.2) is 4.98 Å². The van der Waals surface area contributed by atoms with E-state index in [0.29, 0.717) is 11.9 Å². The van der Waals surface area contributed by atoms with Crippen molar-refractivity contribution in [2.75, 3.05) is 40.3 Å². The fourth-order valence-electron chi connectivity index (χ4n) is 3.26. The van der Waals surface area contributed by atoms with Gasteiger partial charge in [-0.3, -0.25) is 4.90 Å². The number of aromatic nitrogens is 1. The summed E-state index contributed by atoms with van der Waals surface area (Å²) < 4.78 is 12.1. The number of fused-ring (bicyclic) bond motifs is 1. The van der Waals surface area contributed by atoms with Crippen LogP contribution in [0.25, 0.3) is 0 Å². The fraction of sp³-hybridized carbons (Fsp3) is 0.688. The maximum atomic E-state index is 6.09. The average molecular weight is 291 g/mol. The Balaban J connectivity index is 1.66. The van der Waals surface area contributed by atoms with Crippen LogP contribution < -0.4 is 4.74 Å². The third-order valence-corrected chi connectivity index (χ3v) is 4.33. The molecule has 0 radical (unpaired) electrons. The molecule has 2 aliphatic rings. The number of ether oxygens (including phenoxy) is 2. The lowest BCUT2D eigenvalue weighted by Gasteiger charge is -2.32. The van der Waals surface area contributed by atoms with E-state index in [9.17, 15) is 0 Å². The first kappa shape index (κ1) is 14.8. The highest BCUT2D eigenvalue weighted by Gasteiger charge is 2.45. The van der Waals surface area contributed by atoms with Crippen LogP contribution >= 0.6 is 0 Å². The highest BCUT2D eigenvalue weighted by molar-refractivity contribution is 5.11. The maximum absolute atomic E-state index is 6.09. The van der Waals surface area contributed by atoms with E-state index in [1.807, 2.05) is 18.2 Å². The van der Waals surface area contributed by atoms with Gasteiger partial charge in [-0.2, -0.15) is 0 Å². The molecule has 21 heavy (non-hydrogen) atoms. The van der Waals surface area contributed by atoms with E-state index >= 15 is 0 Å². The minimum absolute atomic E-state index is 0.0902. The molecule has 1 aromatic rings. The third kappa shape index (κ3) is 3.54. The number of pyridine rings is 1. The molecule has 3 atom stereocenters. The Morgan fingerprint density at radius 3 is 3.10 bits per heavy atom. The van der Waals surface area contributed by atoms with E-state index in [1.165, 1.54) is 6.42 Å². The van der Waals surface area contributed by atoms with Crippen molar-refractivity contribution in [3.63, 3.8) is 0 Å². The predicted octanol–water partition coefficient (Wildman–Crippen LogP) is 1.25. The Bertz CT molecular complexity index is 440. The van der Waals surface area contributed by atoms with Crippen molar-refractivity contribution in [3.8, 4) is 5.88 Å². The van der Waals surface area contributed by atoms with Crippen molar-refractivity contribution in [2.24, 2.45) is 0 Å². The van der Waals surface area contributed by atoms with Gasteiger partial charge in [0, 0.05) is 44.5 Å². The smallest absolute Gasteiger partial charge is 0.213 e. The summed E-state index contributed by atoms with van der Waals surface area (Å²) in [5.41, 5.74) is 0. The summed E-state index contributed by atoms with van der Waals surface area (Å²) in [7, 11) is 4.24. The third-order valence-electron chi connectivity index (χ3n) is 4.33. The first-order valence-corrected chi connectivity index (χ1v) is 7.82. The zero-order valence-electron chi connectivity index (χ0n) is 12.9. The molecular weight excluding hydrogens is 266 g/mol. The highest BCUT2D eigenvalue weighted by Crippen LogP contribution is 2.30. The molecule has 3 rings (SSSR count). The Morgan fingerprint density at radius 1 is 1.43 bits per heavy atom. The number of hydrogen-bond donors (Lipinski definition) is 0. The van der Waals surface area contributed by atoms with Crippen LogP contribution in [-0.2, 0) is 4.74 Å². The van der Waals surface area contributed by atoms with Gasteiger partial charge in [-0.1, -0.05) is 6.07 Å². The Labute approximate surface area is 126 Å². The average Bonchev–Trinajstić information content (AvgIpc) is 2.85. The Hall–Kier alpha value is -1.17. The molecular formula is C16H25N3O2. The molecule has 5 nitrogen and oxygen atoms in total. The zero-order chi connectivity index (χ0) is 14.7. The summed E-state index contributed by atoms with van der Waals surface area (Å²) in [4.78, 5) is 9.03. The van der Waals surface area contributed by atoms with E-state index in [-0.39, 0.29) is 12.2 Å². The van der Waals surface area contributed by atoms with Crippen LogP contribution in [0.1, 0.15) is 12.8 Å². The summed E-state index contributed by atoms with van der Waals surface area (Å²) in [6.07, 6.45) is 4.40. The molecule has 0 bridgehead atoms. The Morgan fingerprint density at radius 2 is 2.33 bits per heavy atom. The van der Waals surface area contributed by atoms with Crippen LogP contribution in [0.3, 0.4) is 0 Å². The van der Waals surface area contributed by atoms with Gasteiger partial charge in [-0.15, -0.1) is 0 Å². The van der Waals surface area contributed by atoms with Gasteiger partial charge in [0.1, 0.15) is 12.2 Å². The molecule has 2 saturated heterocycles. The minimum atomic E-state index is 0.0902. The van der Waals surface area contributed by atoms with E-state index in [2.05, 4.69) is 28.9 Å². The molecule has 3 heterocycles. The number of rotatable bonds is 5. The molecule has 0 amide bonds. The molecule has 0 saturated carbocycles. The van der Waals surface area contributed by atoms with Crippen molar-refractivity contribution < 1.29 is 9.47 Å². The van der Waals surface area contributed by atoms with E-state index in [4.69, 9.17) is 9.47 Å². The molecule has 0 aromatic carbocycles. The lowest BCUT2D eigenvalue weighted by atomic mass is 10.0. The standard InChI is InChI=1S/C16H25N3O2/c1-18(2)9-10-19-12-14(16-13(19)6-5-11-20-16)21-15-7-3-4-8-17-15/h3-4,7-8,13-14,16H,5-6,9-12H2,1-2H3/t13-,14-,16+/m1/s1. The van der Waals surface area contributed by atoms with Crippen molar-refractivity contribution in [3.05, 3.63) is 24.4 Å². The number of likely N-dealkylation sites (N-methyl/N-ethyl adjacent to an activating group) is 1. The van der Waals surface area contributed by atoms with Crippen LogP contribution in [0, 0.1) is 0 Å². The van der Waals surface area contributed by atoms with E-state index in [0.717, 1.165) is 32.7 Å². The van der Waals surface area contributed by atoms with Crippen LogP contribution in [-0.4, -0.2) is 73.4 Å². The number of hydrogen-bond acceptors (Lipinski definition) is 5. The fourth-order valence-corrected chi connectivity index (χ4v) is 3.26. The Kier molecular flexibility index (Phi) is 4.73. The second-order valence-electron chi connectivity index (χ2n) is 6.17. The van der Waals surface area contributed by atoms with Gasteiger partial charge in [0.2, 0.25) is 5.88 Å².